The lowest BCUT2D eigenvalue weighted by atomic mass is 9.43. The number of nitrogens with zero attached hydrogens (tertiary/aromatic N) is 1. The molecule has 7 aromatic carbocycles. The zero-order valence-electron chi connectivity index (χ0n) is 36.3. The van der Waals surface area contributed by atoms with Crippen LogP contribution in [0.15, 0.2) is 164 Å². The quantitative estimate of drug-likeness (QED) is 0.162. The lowest BCUT2D eigenvalue weighted by molar-refractivity contribution is -0.0399. The van der Waals surface area contributed by atoms with Crippen molar-refractivity contribution in [3.63, 3.8) is 0 Å². The third-order valence-electron chi connectivity index (χ3n) is 16.6. The van der Waals surface area contributed by atoms with Crippen molar-refractivity contribution in [1.82, 2.24) is 0 Å². The Kier molecular flexibility index (Phi) is 8.32. The lowest BCUT2D eigenvalue weighted by Gasteiger charge is -2.61. The smallest absolute Gasteiger partial charge is 0.0464 e. The number of rotatable bonds is 6. The number of hydrogen-bond acceptors (Lipinski definition) is 1. The van der Waals surface area contributed by atoms with Gasteiger partial charge in [-0.3, -0.25) is 0 Å². The fourth-order valence-electron chi connectivity index (χ4n) is 13.7. The Labute approximate surface area is 363 Å². The van der Waals surface area contributed by atoms with Crippen LogP contribution >= 0.6 is 0 Å². The molecule has 0 aliphatic heterocycles. The van der Waals surface area contributed by atoms with E-state index in [2.05, 4.69) is 196 Å². The molecule has 0 aromatic heterocycles. The highest BCUT2D eigenvalue weighted by atomic mass is 15.1. The number of anilines is 3. The Morgan fingerprint density at radius 3 is 1.49 bits per heavy atom. The van der Waals surface area contributed by atoms with Crippen molar-refractivity contribution in [2.75, 3.05) is 4.90 Å². The Morgan fingerprint density at radius 1 is 0.361 bits per heavy atom. The van der Waals surface area contributed by atoms with Gasteiger partial charge in [0.05, 0.1) is 0 Å². The second kappa shape index (κ2) is 13.7. The van der Waals surface area contributed by atoms with E-state index in [0.717, 1.165) is 23.7 Å². The van der Waals surface area contributed by atoms with Gasteiger partial charge in [0, 0.05) is 22.5 Å². The molecule has 4 saturated carbocycles. The standard InChI is InChI=1S/C60H57N/c1-58(2)30-31-59(3,4)57-38-49(27-29-55(57)58)61(48-25-20-43(21-26-48)51-15-9-8-14-50(51)42-12-6-5-7-13-42)47-23-18-41(19-24-47)44-22-28-53-52-16-10-11-17-54(52)60(56(53)37-44)45-33-39-32-40(35-45)36-46(60)34-39/h5-29,37-40,45-46H,30-36H2,1-4H3. The second-order valence-electron chi connectivity index (χ2n) is 20.8. The molecular weight excluding hydrogens is 735 g/mol. The molecule has 0 radical (unpaired) electrons. The van der Waals surface area contributed by atoms with E-state index in [9.17, 15) is 0 Å². The van der Waals surface area contributed by atoms with Gasteiger partial charge in [-0.15, -0.1) is 0 Å². The summed E-state index contributed by atoms with van der Waals surface area (Å²) in [6, 6.07) is 62.6. The predicted molar refractivity (Wildman–Crippen MR) is 256 cm³/mol. The largest absolute Gasteiger partial charge is 0.310 e. The van der Waals surface area contributed by atoms with Crippen LogP contribution in [-0.2, 0) is 16.2 Å². The summed E-state index contributed by atoms with van der Waals surface area (Å²) in [5.41, 5.74) is 20.8. The molecule has 0 heterocycles. The van der Waals surface area contributed by atoms with E-state index >= 15 is 0 Å². The predicted octanol–water partition coefficient (Wildman–Crippen LogP) is 16.2. The van der Waals surface area contributed by atoms with E-state index in [-0.39, 0.29) is 16.2 Å². The van der Waals surface area contributed by atoms with Crippen LogP contribution in [0.1, 0.15) is 94.9 Å². The average molecular weight is 792 g/mol. The number of fused-ring (bicyclic) bond motifs is 4. The van der Waals surface area contributed by atoms with Gasteiger partial charge in [-0.05, 0) is 189 Å². The van der Waals surface area contributed by atoms with E-state index in [0.29, 0.717) is 0 Å². The van der Waals surface area contributed by atoms with Crippen molar-refractivity contribution in [3.05, 3.63) is 186 Å². The first-order valence-corrected chi connectivity index (χ1v) is 23.2. The summed E-state index contributed by atoms with van der Waals surface area (Å²) in [6.07, 6.45) is 9.52. The summed E-state index contributed by atoms with van der Waals surface area (Å²) >= 11 is 0. The molecule has 302 valence electrons. The Hall–Kier alpha value is -5.66. The zero-order chi connectivity index (χ0) is 41.1. The third kappa shape index (κ3) is 5.72. The van der Waals surface area contributed by atoms with Crippen molar-refractivity contribution < 1.29 is 0 Å². The summed E-state index contributed by atoms with van der Waals surface area (Å²) in [7, 11) is 0. The first-order valence-electron chi connectivity index (χ1n) is 23.2. The number of hydrogen-bond donors (Lipinski definition) is 0. The van der Waals surface area contributed by atoms with Gasteiger partial charge in [-0.25, -0.2) is 0 Å². The zero-order valence-corrected chi connectivity index (χ0v) is 36.3. The van der Waals surface area contributed by atoms with E-state index in [4.69, 9.17) is 0 Å². The van der Waals surface area contributed by atoms with Gasteiger partial charge in [0.25, 0.3) is 0 Å². The fourth-order valence-corrected chi connectivity index (χ4v) is 13.7. The summed E-state index contributed by atoms with van der Waals surface area (Å²) in [4.78, 5) is 2.48. The molecule has 1 nitrogen and oxygen atoms in total. The van der Waals surface area contributed by atoms with Gasteiger partial charge in [-0.2, -0.15) is 0 Å². The second-order valence-corrected chi connectivity index (χ2v) is 20.8. The Bertz CT molecular complexity index is 2780. The molecule has 0 N–H and O–H groups in total. The molecule has 1 heteroatoms. The van der Waals surface area contributed by atoms with Crippen LogP contribution in [-0.4, -0.2) is 0 Å². The highest BCUT2D eigenvalue weighted by Gasteiger charge is 2.61. The average Bonchev–Trinajstić information content (AvgIpc) is 3.58. The maximum atomic E-state index is 2.63. The maximum Gasteiger partial charge on any atom is 0.0464 e. The third-order valence-corrected chi connectivity index (χ3v) is 16.6. The molecule has 7 aromatic rings. The van der Waals surface area contributed by atoms with Crippen LogP contribution in [0.25, 0.3) is 44.5 Å². The van der Waals surface area contributed by atoms with Crippen LogP contribution in [0, 0.1) is 23.7 Å². The van der Waals surface area contributed by atoms with Crippen molar-refractivity contribution in [2.45, 2.75) is 88.9 Å². The van der Waals surface area contributed by atoms with Crippen molar-refractivity contribution in [1.29, 1.82) is 0 Å². The maximum absolute atomic E-state index is 2.63. The van der Waals surface area contributed by atoms with E-state index in [1.165, 1.54) is 118 Å². The minimum Gasteiger partial charge on any atom is -0.310 e. The SMILES string of the molecule is CC1(C)CCC(C)(C)c2cc(N(c3ccc(-c4ccc5c(c4)C4(c6ccccc6-5)C5CC6CC(C5)CC4C6)cc3)c3ccc(-c4ccccc4-c4ccccc4)cc3)ccc21. The lowest BCUT2D eigenvalue weighted by Crippen LogP contribution is -2.55. The Balaban J connectivity index is 0.946. The van der Waals surface area contributed by atoms with Gasteiger partial charge in [0.1, 0.15) is 0 Å². The molecule has 4 bridgehead atoms. The van der Waals surface area contributed by atoms with Crippen LogP contribution in [0.4, 0.5) is 17.1 Å². The van der Waals surface area contributed by atoms with Gasteiger partial charge in [0.15, 0.2) is 0 Å². The summed E-state index contributed by atoms with van der Waals surface area (Å²) in [6.45, 7) is 9.72. The highest BCUT2D eigenvalue weighted by molar-refractivity contribution is 5.87. The van der Waals surface area contributed by atoms with E-state index in [1.54, 1.807) is 11.1 Å². The summed E-state index contributed by atoms with van der Waals surface area (Å²) in [5.74, 6) is 3.42. The molecule has 0 saturated heterocycles. The molecule has 0 unspecified atom stereocenters. The Morgan fingerprint density at radius 2 is 0.852 bits per heavy atom. The molecule has 0 atom stereocenters. The van der Waals surface area contributed by atoms with E-state index in [1.807, 2.05) is 0 Å². The topological polar surface area (TPSA) is 3.24 Å². The molecule has 13 rings (SSSR count). The molecule has 0 amide bonds. The molecule has 6 aliphatic carbocycles. The minimum absolute atomic E-state index is 0.114. The minimum atomic E-state index is 0.114. The molecule has 61 heavy (non-hydrogen) atoms. The normalized spacial score (nSPS) is 24.6. The van der Waals surface area contributed by atoms with Crippen LogP contribution in [0.2, 0.25) is 0 Å². The van der Waals surface area contributed by atoms with Gasteiger partial charge < -0.3 is 4.90 Å². The fraction of sp³-hybridized carbons (Fsp3) is 0.300. The first-order chi connectivity index (χ1) is 29.7. The van der Waals surface area contributed by atoms with Gasteiger partial charge in [0.2, 0.25) is 0 Å². The van der Waals surface area contributed by atoms with Crippen LogP contribution < -0.4 is 4.90 Å². The van der Waals surface area contributed by atoms with Gasteiger partial charge >= 0.3 is 0 Å². The summed E-state index contributed by atoms with van der Waals surface area (Å²) < 4.78 is 0. The van der Waals surface area contributed by atoms with Gasteiger partial charge in [-0.1, -0.05) is 149 Å². The highest BCUT2D eigenvalue weighted by Crippen LogP contribution is 2.69. The van der Waals surface area contributed by atoms with Crippen molar-refractivity contribution >= 4 is 17.1 Å². The van der Waals surface area contributed by atoms with Crippen molar-refractivity contribution in [2.24, 2.45) is 23.7 Å². The summed E-state index contributed by atoms with van der Waals surface area (Å²) in [5, 5.41) is 0. The van der Waals surface area contributed by atoms with Crippen LogP contribution in [0.3, 0.4) is 0 Å². The molecule has 1 spiro atoms. The molecular formula is C60H57N. The number of benzene rings is 7. The van der Waals surface area contributed by atoms with Crippen molar-refractivity contribution in [3.8, 4) is 44.5 Å². The van der Waals surface area contributed by atoms with Crippen LogP contribution in [0.5, 0.6) is 0 Å². The first kappa shape index (κ1) is 37.1. The molecule has 4 fully saturated rings. The molecule has 6 aliphatic rings. The monoisotopic (exact) mass is 791 g/mol. The van der Waals surface area contributed by atoms with E-state index < -0.39 is 0 Å².